The maximum Gasteiger partial charge on any atom is 0.162 e. The Morgan fingerprint density at radius 1 is 1.47 bits per heavy atom. The molecule has 2 rings (SSSR count). The Labute approximate surface area is 89.0 Å². The molecule has 0 saturated heterocycles. The van der Waals surface area contributed by atoms with Gasteiger partial charge in [-0.2, -0.15) is 0 Å². The van der Waals surface area contributed by atoms with Gasteiger partial charge in [-0.1, -0.05) is 0 Å². The molecule has 0 amide bonds. The summed E-state index contributed by atoms with van der Waals surface area (Å²) < 4.78 is 5.59. The van der Waals surface area contributed by atoms with Crippen molar-refractivity contribution in [3.8, 4) is 0 Å². The third-order valence-corrected chi connectivity index (χ3v) is 3.01. The van der Waals surface area contributed by atoms with E-state index in [1.54, 1.807) is 19.4 Å². The number of nitrogen functional groups attached to an aromatic ring is 1. The zero-order valence-corrected chi connectivity index (χ0v) is 8.86. The molecule has 0 spiro atoms. The summed E-state index contributed by atoms with van der Waals surface area (Å²) in [5.74, 6) is 6.68. The zero-order chi connectivity index (χ0) is 10.7. The summed E-state index contributed by atoms with van der Waals surface area (Å²) in [4.78, 5) is 8.62. The van der Waals surface area contributed by atoms with Gasteiger partial charge < -0.3 is 10.2 Å². The fraction of sp³-hybridized carbons (Fsp3) is 0.600. The zero-order valence-electron chi connectivity index (χ0n) is 8.86. The van der Waals surface area contributed by atoms with E-state index in [-0.39, 0.29) is 5.60 Å². The second-order valence-corrected chi connectivity index (χ2v) is 3.82. The fourth-order valence-electron chi connectivity index (χ4n) is 2.12. The van der Waals surface area contributed by atoms with Crippen LogP contribution in [0, 0.1) is 0 Å². The number of hydrazine groups is 1. The molecule has 1 aromatic heterocycles. The van der Waals surface area contributed by atoms with Crippen molar-refractivity contribution in [3.63, 3.8) is 0 Å². The molecule has 1 aliphatic carbocycles. The Balaban J connectivity index is 2.33. The van der Waals surface area contributed by atoms with Gasteiger partial charge in [0, 0.05) is 19.4 Å². The summed E-state index contributed by atoms with van der Waals surface area (Å²) in [7, 11) is 1.72. The number of nitrogens with two attached hydrogens (primary N) is 1. The average Bonchev–Trinajstić information content (AvgIpc) is 2.79. The molecule has 0 unspecified atom stereocenters. The number of rotatable bonds is 3. The van der Waals surface area contributed by atoms with Gasteiger partial charge in [-0.3, -0.25) is 0 Å². The molecule has 0 aromatic carbocycles. The summed E-state index contributed by atoms with van der Waals surface area (Å²) in [6.07, 6.45) is 6.00. The van der Waals surface area contributed by atoms with Crippen molar-refractivity contribution in [1.82, 2.24) is 9.97 Å². The second kappa shape index (κ2) is 4.12. The lowest BCUT2D eigenvalue weighted by atomic mass is 10.0. The maximum atomic E-state index is 5.59. The first-order valence-corrected chi connectivity index (χ1v) is 5.16. The molecule has 82 valence electrons. The van der Waals surface area contributed by atoms with E-state index >= 15 is 0 Å². The Morgan fingerprint density at radius 3 is 2.80 bits per heavy atom. The van der Waals surface area contributed by atoms with Gasteiger partial charge >= 0.3 is 0 Å². The van der Waals surface area contributed by atoms with Crippen molar-refractivity contribution in [1.29, 1.82) is 0 Å². The van der Waals surface area contributed by atoms with Gasteiger partial charge in [0.2, 0.25) is 0 Å². The van der Waals surface area contributed by atoms with Crippen LogP contribution in [-0.2, 0) is 10.3 Å². The van der Waals surface area contributed by atoms with Crippen LogP contribution in [-0.4, -0.2) is 17.1 Å². The predicted octanol–water partition coefficient (Wildman–Crippen LogP) is 1.18. The predicted molar refractivity (Wildman–Crippen MR) is 57.0 cm³/mol. The van der Waals surface area contributed by atoms with Crippen LogP contribution >= 0.6 is 0 Å². The third kappa shape index (κ3) is 1.80. The molecule has 1 saturated carbocycles. The molecule has 5 heteroatoms. The van der Waals surface area contributed by atoms with Gasteiger partial charge in [0.25, 0.3) is 0 Å². The highest BCUT2D eigenvalue weighted by Crippen LogP contribution is 2.39. The van der Waals surface area contributed by atoms with Gasteiger partial charge in [0.05, 0.1) is 0 Å². The molecule has 1 heterocycles. The number of nitrogens with one attached hydrogen (secondary N) is 1. The fourth-order valence-corrected chi connectivity index (χ4v) is 2.12. The molecular formula is C10H16N4O. The first-order chi connectivity index (χ1) is 7.30. The molecule has 3 N–H and O–H groups in total. The number of aromatic nitrogens is 2. The van der Waals surface area contributed by atoms with Crippen LogP contribution in [0.1, 0.15) is 31.5 Å². The topological polar surface area (TPSA) is 73.1 Å². The minimum atomic E-state index is -0.299. The number of hydrogen-bond acceptors (Lipinski definition) is 5. The number of nitrogens with zero attached hydrogens (tertiary/aromatic N) is 2. The minimum absolute atomic E-state index is 0.299. The van der Waals surface area contributed by atoms with E-state index in [4.69, 9.17) is 10.6 Å². The Morgan fingerprint density at radius 2 is 2.20 bits per heavy atom. The Kier molecular flexibility index (Phi) is 2.83. The van der Waals surface area contributed by atoms with Crippen molar-refractivity contribution in [3.05, 3.63) is 18.1 Å². The Bertz CT molecular complexity index is 336. The average molecular weight is 208 g/mol. The lowest BCUT2D eigenvalue weighted by Gasteiger charge is -2.25. The highest BCUT2D eigenvalue weighted by molar-refractivity contribution is 5.31. The Hall–Kier alpha value is -1.20. The first kappa shape index (κ1) is 10.3. The number of methoxy groups -OCH3 is 1. The van der Waals surface area contributed by atoms with E-state index in [1.165, 1.54) is 0 Å². The van der Waals surface area contributed by atoms with Crippen LogP contribution in [0.2, 0.25) is 0 Å². The molecule has 0 atom stereocenters. The van der Waals surface area contributed by atoms with Crippen LogP contribution < -0.4 is 11.3 Å². The van der Waals surface area contributed by atoms with Crippen molar-refractivity contribution in [2.45, 2.75) is 31.3 Å². The van der Waals surface area contributed by atoms with E-state index in [0.717, 1.165) is 31.5 Å². The van der Waals surface area contributed by atoms with Crippen molar-refractivity contribution in [2.24, 2.45) is 5.84 Å². The third-order valence-electron chi connectivity index (χ3n) is 3.01. The quantitative estimate of drug-likeness (QED) is 0.576. The normalized spacial score (nSPS) is 19.1. The molecule has 1 fully saturated rings. The molecular weight excluding hydrogens is 192 g/mol. The number of anilines is 1. The lowest BCUT2D eigenvalue weighted by Crippen LogP contribution is -2.27. The molecule has 1 aliphatic rings. The molecule has 0 bridgehead atoms. The lowest BCUT2D eigenvalue weighted by molar-refractivity contribution is -0.0162. The van der Waals surface area contributed by atoms with Crippen LogP contribution in [0.5, 0.6) is 0 Å². The largest absolute Gasteiger partial charge is 0.370 e. The SMILES string of the molecule is COC1(c2nccc(NN)n2)CCCC1. The van der Waals surface area contributed by atoms with Gasteiger partial charge in [-0.15, -0.1) is 0 Å². The molecule has 0 aliphatic heterocycles. The minimum Gasteiger partial charge on any atom is -0.370 e. The number of hydrogen-bond donors (Lipinski definition) is 2. The first-order valence-electron chi connectivity index (χ1n) is 5.16. The highest BCUT2D eigenvalue weighted by atomic mass is 16.5. The summed E-state index contributed by atoms with van der Waals surface area (Å²) in [6.45, 7) is 0. The monoisotopic (exact) mass is 208 g/mol. The summed E-state index contributed by atoms with van der Waals surface area (Å²) in [6, 6.07) is 1.74. The van der Waals surface area contributed by atoms with E-state index in [9.17, 15) is 0 Å². The van der Waals surface area contributed by atoms with Gasteiger partial charge in [-0.05, 0) is 25.7 Å². The van der Waals surface area contributed by atoms with E-state index in [1.807, 2.05) is 0 Å². The number of ether oxygens (including phenoxy) is 1. The maximum absolute atomic E-state index is 5.59. The van der Waals surface area contributed by atoms with Crippen LogP contribution in [0.3, 0.4) is 0 Å². The smallest absolute Gasteiger partial charge is 0.162 e. The van der Waals surface area contributed by atoms with Gasteiger partial charge in [0.1, 0.15) is 11.4 Å². The molecule has 0 radical (unpaired) electrons. The molecule has 1 aromatic rings. The van der Waals surface area contributed by atoms with Gasteiger partial charge in [0.15, 0.2) is 5.82 Å². The summed E-state index contributed by atoms with van der Waals surface area (Å²) >= 11 is 0. The van der Waals surface area contributed by atoms with Crippen LogP contribution in [0.25, 0.3) is 0 Å². The van der Waals surface area contributed by atoms with E-state index in [2.05, 4.69) is 15.4 Å². The van der Waals surface area contributed by atoms with Crippen molar-refractivity contribution >= 4 is 5.82 Å². The summed E-state index contributed by atoms with van der Waals surface area (Å²) in [5, 5.41) is 0. The highest BCUT2D eigenvalue weighted by Gasteiger charge is 2.38. The van der Waals surface area contributed by atoms with Crippen LogP contribution in [0.4, 0.5) is 5.82 Å². The second-order valence-electron chi connectivity index (χ2n) is 3.82. The standard InChI is InChI=1S/C10H16N4O/c1-15-10(5-2-3-6-10)9-12-7-4-8(13-9)14-11/h4,7H,2-3,5-6,11H2,1H3,(H,12,13,14). The molecule has 15 heavy (non-hydrogen) atoms. The van der Waals surface area contributed by atoms with Gasteiger partial charge in [-0.25, -0.2) is 15.8 Å². The molecule has 5 nitrogen and oxygen atoms in total. The van der Waals surface area contributed by atoms with Crippen LogP contribution in [0.15, 0.2) is 12.3 Å². The summed E-state index contributed by atoms with van der Waals surface area (Å²) in [5.41, 5.74) is 2.23. The van der Waals surface area contributed by atoms with E-state index in [0.29, 0.717) is 5.82 Å². The van der Waals surface area contributed by atoms with E-state index < -0.39 is 0 Å². The van der Waals surface area contributed by atoms with Crippen molar-refractivity contribution in [2.75, 3.05) is 12.5 Å². The van der Waals surface area contributed by atoms with Crippen molar-refractivity contribution < 1.29 is 4.74 Å².